The van der Waals surface area contributed by atoms with Crippen molar-refractivity contribution in [1.82, 2.24) is 14.6 Å². The van der Waals surface area contributed by atoms with Crippen molar-refractivity contribution in [2.75, 3.05) is 16.4 Å². The van der Waals surface area contributed by atoms with E-state index in [4.69, 9.17) is 0 Å². The standard InChI is InChI=1S/C27H23N5O2S/c1-17-8-7-9-19(14-17)28-26(34)21-11-3-5-12-22(21)29-25(33)16-35-27-31-30-24-15-18(2)20-10-4-6-13-23(20)32(24)27/h3-15H,16H2,1-2H3,(H,28,34)(H,29,33). The third-order valence-electron chi connectivity index (χ3n) is 5.63. The smallest absolute Gasteiger partial charge is 0.257 e. The van der Waals surface area contributed by atoms with Crippen molar-refractivity contribution in [2.24, 2.45) is 0 Å². The molecule has 3 aromatic carbocycles. The molecule has 2 aromatic heterocycles. The number of hydrogen-bond acceptors (Lipinski definition) is 5. The Kier molecular flexibility index (Phi) is 6.20. The van der Waals surface area contributed by atoms with Gasteiger partial charge in [-0.25, -0.2) is 0 Å². The van der Waals surface area contributed by atoms with Crippen molar-refractivity contribution in [3.05, 3.63) is 95.6 Å². The van der Waals surface area contributed by atoms with Crippen molar-refractivity contribution in [2.45, 2.75) is 19.0 Å². The van der Waals surface area contributed by atoms with E-state index in [9.17, 15) is 9.59 Å². The summed E-state index contributed by atoms with van der Waals surface area (Å²) < 4.78 is 1.96. The molecule has 0 aliphatic heterocycles. The fourth-order valence-electron chi connectivity index (χ4n) is 4.00. The van der Waals surface area contributed by atoms with Crippen LogP contribution >= 0.6 is 11.8 Å². The topological polar surface area (TPSA) is 88.4 Å². The first kappa shape index (κ1) is 22.6. The molecule has 35 heavy (non-hydrogen) atoms. The van der Waals surface area contributed by atoms with E-state index < -0.39 is 0 Å². The fourth-order valence-corrected chi connectivity index (χ4v) is 4.75. The molecule has 174 valence electrons. The molecule has 0 saturated carbocycles. The van der Waals surface area contributed by atoms with Crippen LogP contribution in [0.25, 0.3) is 16.6 Å². The Hall–Kier alpha value is -4.17. The lowest BCUT2D eigenvalue weighted by molar-refractivity contribution is -0.113. The van der Waals surface area contributed by atoms with Gasteiger partial charge in [-0.05, 0) is 61.4 Å². The van der Waals surface area contributed by atoms with Crippen molar-refractivity contribution in [3.63, 3.8) is 0 Å². The van der Waals surface area contributed by atoms with E-state index in [0.717, 1.165) is 27.7 Å². The van der Waals surface area contributed by atoms with E-state index in [1.807, 2.05) is 66.8 Å². The van der Waals surface area contributed by atoms with Gasteiger partial charge in [0, 0.05) is 11.1 Å². The Morgan fingerprint density at radius 2 is 1.69 bits per heavy atom. The lowest BCUT2D eigenvalue weighted by Crippen LogP contribution is -2.19. The predicted molar refractivity (Wildman–Crippen MR) is 140 cm³/mol. The van der Waals surface area contributed by atoms with Crippen LogP contribution in [-0.2, 0) is 4.79 Å². The van der Waals surface area contributed by atoms with E-state index in [1.54, 1.807) is 24.3 Å². The Labute approximate surface area is 206 Å². The monoisotopic (exact) mass is 481 g/mol. The fraction of sp³-hybridized carbons (Fsp3) is 0.111. The number of amides is 2. The van der Waals surface area contributed by atoms with Crippen LogP contribution in [0.5, 0.6) is 0 Å². The minimum atomic E-state index is -0.288. The predicted octanol–water partition coefficient (Wildman–Crippen LogP) is 5.48. The largest absolute Gasteiger partial charge is 0.325 e. The minimum absolute atomic E-state index is 0.122. The van der Waals surface area contributed by atoms with Gasteiger partial charge in [-0.2, -0.15) is 0 Å². The molecule has 5 aromatic rings. The van der Waals surface area contributed by atoms with Gasteiger partial charge in [0.15, 0.2) is 10.8 Å². The van der Waals surface area contributed by atoms with Crippen LogP contribution in [0.2, 0.25) is 0 Å². The van der Waals surface area contributed by atoms with Crippen LogP contribution in [0.3, 0.4) is 0 Å². The second-order valence-corrected chi connectivity index (χ2v) is 9.17. The SMILES string of the molecule is Cc1cccc(NC(=O)c2ccccc2NC(=O)CSc2nnc3cc(C)c4ccccc4n23)c1. The first-order chi connectivity index (χ1) is 17.0. The zero-order valence-corrected chi connectivity index (χ0v) is 20.1. The Balaban J connectivity index is 1.32. The lowest BCUT2D eigenvalue weighted by Gasteiger charge is -2.12. The number of benzene rings is 3. The molecule has 0 fully saturated rings. The molecule has 0 saturated heterocycles. The Morgan fingerprint density at radius 3 is 2.54 bits per heavy atom. The van der Waals surface area contributed by atoms with E-state index in [-0.39, 0.29) is 17.6 Å². The average molecular weight is 482 g/mol. The van der Waals surface area contributed by atoms with Gasteiger partial charge >= 0.3 is 0 Å². The number of pyridine rings is 1. The molecule has 0 unspecified atom stereocenters. The average Bonchev–Trinajstić information content (AvgIpc) is 3.26. The van der Waals surface area contributed by atoms with Crippen LogP contribution in [0, 0.1) is 13.8 Å². The number of para-hydroxylation sites is 2. The Bertz CT molecular complexity index is 1580. The number of carbonyl (C=O) groups excluding carboxylic acids is 2. The molecule has 5 rings (SSSR count). The van der Waals surface area contributed by atoms with Crippen LogP contribution in [0.1, 0.15) is 21.5 Å². The summed E-state index contributed by atoms with van der Waals surface area (Å²) in [6.07, 6.45) is 0. The first-order valence-electron chi connectivity index (χ1n) is 11.1. The first-order valence-corrected chi connectivity index (χ1v) is 12.1. The third kappa shape index (κ3) is 4.74. The van der Waals surface area contributed by atoms with Gasteiger partial charge in [0.25, 0.3) is 5.91 Å². The Morgan fingerprint density at radius 1 is 0.886 bits per heavy atom. The number of anilines is 2. The van der Waals surface area contributed by atoms with Gasteiger partial charge in [0.05, 0.1) is 22.5 Å². The number of thioether (sulfide) groups is 1. The summed E-state index contributed by atoms with van der Waals surface area (Å²) in [5.41, 5.74) is 5.45. The maximum atomic E-state index is 12.9. The maximum Gasteiger partial charge on any atom is 0.257 e. The number of carbonyl (C=O) groups is 2. The van der Waals surface area contributed by atoms with Crippen molar-refractivity contribution in [1.29, 1.82) is 0 Å². The second kappa shape index (κ2) is 9.60. The minimum Gasteiger partial charge on any atom is -0.325 e. The van der Waals surface area contributed by atoms with E-state index in [2.05, 4.69) is 26.9 Å². The third-order valence-corrected chi connectivity index (χ3v) is 6.56. The second-order valence-electron chi connectivity index (χ2n) is 8.23. The number of nitrogens with one attached hydrogen (secondary N) is 2. The highest BCUT2D eigenvalue weighted by Gasteiger charge is 2.16. The van der Waals surface area contributed by atoms with Crippen LogP contribution in [0.15, 0.2) is 84.0 Å². The summed E-state index contributed by atoms with van der Waals surface area (Å²) in [6.45, 7) is 4.01. The molecule has 7 nitrogen and oxygen atoms in total. The lowest BCUT2D eigenvalue weighted by atomic mass is 10.1. The molecular weight excluding hydrogens is 458 g/mol. The van der Waals surface area contributed by atoms with E-state index >= 15 is 0 Å². The normalized spacial score (nSPS) is 11.0. The van der Waals surface area contributed by atoms with Gasteiger partial charge in [-0.15, -0.1) is 10.2 Å². The molecule has 0 spiro atoms. The molecule has 0 aliphatic rings. The zero-order chi connectivity index (χ0) is 24.4. The molecule has 2 heterocycles. The highest BCUT2D eigenvalue weighted by Crippen LogP contribution is 2.26. The van der Waals surface area contributed by atoms with Crippen molar-refractivity contribution >= 4 is 51.5 Å². The molecular formula is C27H23N5O2S. The number of hydrogen-bond donors (Lipinski definition) is 2. The highest BCUT2D eigenvalue weighted by atomic mass is 32.2. The van der Waals surface area contributed by atoms with Gasteiger partial charge in [0.2, 0.25) is 5.91 Å². The number of fused-ring (bicyclic) bond motifs is 3. The molecule has 0 aliphatic carbocycles. The van der Waals surface area contributed by atoms with Crippen LogP contribution in [0.4, 0.5) is 11.4 Å². The molecule has 2 N–H and O–H groups in total. The number of rotatable bonds is 6. The maximum absolute atomic E-state index is 12.9. The zero-order valence-electron chi connectivity index (χ0n) is 19.3. The van der Waals surface area contributed by atoms with Gasteiger partial charge in [-0.3, -0.25) is 14.0 Å². The molecule has 8 heteroatoms. The van der Waals surface area contributed by atoms with Gasteiger partial charge in [0.1, 0.15) is 0 Å². The van der Waals surface area contributed by atoms with Crippen LogP contribution in [-0.4, -0.2) is 32.2 Å². The summed E-state index contributed by atoms with van der Waals surface area (Å²) >= 11 is 1.30. The number of aromatic nitrogens is 3. The quantitative estimate of drug-likeness (QED) is 0.314. The summed E-state index contributed by atoms with van der Waals surface area (Å²) in [5, 5.41) is 16.1. The molecule has 2 amide bonds. The van der Waals surface area contributed by atoms with Gasteiger partial charge in [-0.1, -0.05) is 54.2 Å². The van der Waals surface area contributed by atoms with Crippen molar-refractivity contribution in [3.8, 4) is 0 Å². The highest BCUT2D eigenvalue weighted by molar-refractivity contribution is 7.99. The number of nitrogens with zero attached hydrogens (tertiary/aromatic N) is 3. The summed E-state index contributed by atoms with van der Waals surface area (Å²) in [7, 11) is 0. The number of aryl methyl sites for hydroxylation is 2. The molecule has 0 bridgehead atoms. The summed E-state index contributed by atoms with van der Waals surface area (Å²) in [4.78, 5) is 25.7. The van der Waals surface area contributed by atoms with Crippen molar-refractivity contribution < 1.29 is 9.59 Å². The molecule has 0 radical (unpaired) electrons. The van der Waals surface area contributed by atoms with E-state index in [1.165, 1.54) is 11.8 Å². The summed E-state index contributed by atoms with van der Waals surface area (Å²) in [5.74, 6) is -0.403. The van der Waals surface area contributed by atoms with Crippen LogP contribution < -0.4 is 10.6 Å². The summed E-state index contributed by atoms with van der Waals surface area (Å²) in [6, 6.07) is 24.6. The molecule has 0 atom stereocenters. The van der Waals surface area contributed by atoms with Gasteiger partial charge < -0.3 is 10.6 Å². The van der Waals surface area contributed by atoms with E-state index in [0.29, 0.717) is 22.1 Å².